The number of aryl methyl sites for hydroxylation is 2. The number of benzene rings is 2. The van der Waals surface area contributed by atoms with Gasteiger partial charge >= 0.3 is 0 Å². The molecular weight excluding hydrogens is 533 g/mol. The molecule has 2 aromatic carbocycles. The van der Waals surface area contributed by atoms with E-state index in [2.05, 4.69) is 5.32 Å². The average Bonchev–Trinajstić information content (AvgIpc) is 3.32. The van der Waals surface area contributed by atoms with Crippen LogP contribution in [0.4, 0.5) is 5.69 Å². The highest BCUT2D eigenvalue weighted by atomic mass is 35.5. The summed E-state index contributed by atoms with van der Waals surface area (Å²) in [7, 11) is -3.79. The molecule has 0 radical (unpaired) electrons. The van der Waals surface area contributed by atoms with Crippen LogP contribution in [0, 0.1) is 13.8 Å². The molecule has 0 saturated heterocycles. The highest BCUT2D eigenvalue weighted by molar-refractivity contribution is 7.92. The molecule has 0 heterocycles. The summed E-state index contributed by atoms with van der Waals surface area (Å²) in [6, 6.07) is 9.73. The smallest absolute Gasteiger partial charge is 0.244 e. The van der Waals surface area contributed by atoms with Crippen LogP contribution in [0.5, 0.6) is 0 Å². The Labute approximate surface area is 230 Å². The normalized spacial score (nSPS) is 14.9. The molecular formula is C27H35Cl2N3O4S. The van der Waals surface area contributed by atoms with E-state index >= 15 is 0 Å². The SMILES string of the molecule is CCC(C(=O)NC1CCCC1)N(Cc1ccc(Cl)c(Cl)c1)C(=O)CN(c1ccc(C)cc1C)S(C)(=O)=O. The summed E-state index contributed by atoms with van der Waals surface area (Å²) >= 11 is 12.3. The second kappa shape index (κ2) is 12.5. The van der Waals surface area contributed by atoms with Gasteiger partial charge in [0.05, 0.1) is 22.0 Å². The minimum atomic E-state index is -3.79. The number of hydrogen-bond donors (Lipinski definition) is 1. The Morgan fingerprint density at radius 2 is 1.73 bits per heavy atom. The van der Waals surface area contributed by atoms with E-state index in [9.17, 15) is 18.0 Å². The predicted molar refractivity (Wildman–Crippen MR) is 150 cm³/mol. The van der Waals surface area contributed by atoms with Crippen LogP contribution in [0.2, 0.25) is 10.0 Å². The summed E-state index contributed by atoms with van der Waals surface area (Å²) in [4.78, 5) is 28.6. The van der Waals surface area contributed by atoms with Crippen LogP contribution in [0.1, 0.15) is 55.7 Å². The van der Waals surface area contributed by atoms with Crippen molar-refractivity contribution in [2.45, 2.75) is 71.5 Å². The third kappa shape index (κ3) is 7.62. The minimum Gasteiger partial charge on any atom is -0.352 e. The summed E-state index contributed by atoms with van der Waals surface area (Å²) in [5.74, 6) is -0.717. The largest absolute Gasteiger partial charge is 0.352 e. The molecule has 0 aromatic heterocycles. The molecule has 37 heavy (non-hydrogen) atoms. The number of carbonyl (C=O) groups is 2. The van der Waals surface area contributed by atoms with Gasteiger partial charge in [0.1, 0.15) is 12.6 Å². The van der Waals surface area contributed by atoms with Crippen LogP contribution in [0.3, 0.4) is 0 Å². The maximum Gasteiger partial charge on any atom is 0.244 e. The first-order valence-electron chi connectivity index (χ1n) is 12.5. The summed E-state index contributed by atoms with van der Waals surface area (Å²) < 4.78 is 26.7. The lowest BCUT2D eigenvalue weighted by atomic mass is 10.1. The maximum atomic E-state index is 13.8. The highest BCUT2D eigenvalue weighted by Crippen LogP contribution is 2.27. The molecule has 10 heteroatoms. The van der Waals surface area contributed by atoms with E-state index in [4.69, 9.17) is 23.2 Å². The second-order valence-corrected chi connectivity index (χ2v) is 12.5. The van der Waals surface area contributed by atoms with Gasteiger partial charge in [-0.25, -0.2) is 8.42 Å². The van der Waals surface area contributed by atoms with Gasteiger partial charge in [0.2, 0.25) is 21.8 Å². The first-order valence-corrected chi connectivity index (χ1v) is 15.1. The summed E-state index contributed by atoms with van der Waals surface area (Å²) in [6.07, 6.45) is 5.40. The molecule has 1 aliphatic rings. The minimum absolute atomic E-state index is 0.0802. The van der Waals surface area contributed by atoms with E-state index in [1.54, 1.807) is 24.3 Å². The Kier molecular flexibility index (Phi) is 9.89. The molecule has 1 fully saturated rings. The number of anilines is 1. The van der Waals surface area contributed by atoms with Gasteiger partial charge in [-0.2, -0.15) is 0 Å². The molecule has 1 unspecified atom stereocenters. The molecule has 1 atom stereocenters. The van der Waals surface area contributed by atoms with Gasteiger partial charge in [0.15, 0.2) is 0 Å². The molecule has 0 spiro atoms. The average molecular weight is 569 g/mol. The molecule has 1 saturated carbocycles. The lowest BCUT2D eigenvalue weighted by molar-refractivity contribution is -0.140. The van der Waals surface area contributed by atoms with Gasteiger partial charge in [-0.1, -0.05) is 66.7 Å². The van der Waals surface area contributed by atoms with Crippen LogP contribution in [-0.4, -0.2) is 50.0 Å². The molecule has 0 aliphatic heterocycles. The van der Waals surface area contributed by atoms with E-state index in [1.165, 1.54) is 4.90 Å². The van der Waals surface area contributed by atoms with Gasteiger partial charge in [-0.3, -0.25) is 13.9 Å². The number of nitrogens with zero attached hydrogens (tertiary/aromatic N) is 2. The van der Waals surface area contributed by atoms with Crippen LogP contribution in [0.25, 0.3) is 0 Å². The van der Waals surface area contributed by atoms with Crippen molar-refractivity contribution in [3.05, 3.63) is 63.1 Å². The Morgan fingerprint density at radius 1 is 1.05 bits per heavy atom. The lowest BCUT2D eigenvalue weighted by Crippen LogP contribution is -2.53. The number of rotatable bonds is 10. The fourth-order valence-electron chi connectivity index (χ4n) is 4.80. The first-order chi connectivity index (χ1) is 17.4. The van der Waals surface area contributed by atoms with Gasteiger partial charge in [-0.15, -0.1) is 0 Å². The van der Waals surface area contributed by atoms with E-state index in [1.807, 2.05) is 32.9 Å². The fraction of sp³-hybridized carbons (Fsp3) is 0.481. The summed E-state index contributed by atoms with van der Waals surface area (Å²) in [5.41, 5.74) is 2.84. The number of halogens is 2. The Morgan fingerprint density at radius 3 is 2.30 bits per heavy atom. The quantitative estimate of drug-likeness (QED) is 0.425. The number of amides is 2. The maximum absolute atomic E-state index is 13.8. The molecule has 3 rings (SSSR count). The number of nitrogens with one attached hydrogen (secondary N) is 1. The van der Waals surface area contributed by atoms with Crippen LogP contribution in [-0.2, 0) is 26.2 Å². The van der Waals surface area contributed by atoms with Crippen molar-refractivity contribution < 1.29 is 18.0 Å². The monoisotopic (exact) mass is 567 g/mol. The van der Waals surface area contributed by atoms with Crippen LogP contribution < -0.4 is 9.62 Å². The Bertz CT molecular complexity index is 1250. The van der Waals surface area contributed by atoms with Crippen molar-refractivity contribution in [1.82, 2.24) is 10.2 Å². The predicted octanol–water partition coefficient (Wildman–Crippen LogP) is 5.24. The molecule has 1 N–H and O–H groups in total. The lowest BCUT2D eigenvalue weighted by Gasteiger charge is -2.33. The molecule has 2 amide bonds. The molecule has 1 aliphatic carbocycles. The zero-order valence-electron chi connectivity index (χ0n) is 21.8. The molecule has 0 bridgehead atoms. The van der Waals surface area contributed by atoms with Crippen LogP contribution >= 0.6 is 23.2 Å². The van der Waals surface area contributed by atoms with Crippen molar-refractivity contribution in [2.75, 3.05) is 17.1 Å². The van der Waals surface area contributed by atoms with Crippen LogP contribution in [0.15, 0.2) is 36.4 Å². The number of sulfonamides is 1. The zero-order chi connectivity index (χ0) is 27.3. The van der Waals surface area contributed by atoms with Crippen molar-refractivity contribution in [3.63, 3.8) is 0 Å². The van der Waals surface area contributed by atoms with Crippen molar-refractivity contribution in [3.8, 4) is 0 Å². The third-order valence-corrected chi connectivity index (χ3v) is 8.59. The first kappa shape index (κ1) is 29.3. The third-order valence-electron chi connectivity index (χ3n) is 6.72. The Hall–Kier alpha value is -2.29. The zero-order valence-corrected chi connectivity index (χ0v) is 24.1. The van der Waals surface area contributed by atoms with Gasteiger partial charge in [0, 0.05) is 12.6 Å². The molecule has 202 valence electrons. The van der Waals surface area contributed by atoms with E-state index in [0.717, 1.165) is 47.4 Å². The number of hydrogen-bond acceptors (Lipinski definition) is 4. The van der Waals surface area contributed by atoms with Gasteiger partial charge in [-0.05, 0) is 62.4 Å². The fourth-order valence-corrected chi connectivity index (χ4v) is 6.03. The Balaban J connectivity index is 1.96. The second-order valence-electron chi connectivity index (χ2n) is 9.74. The van der Waals surface area contributed by atoms with Gasteiger partial charge < -0.3 is 10.2 Å². The van der Waals surface area contributed by atoms with Crippen molar-refractivity contribution in [1.29, 1.82) is 0 Å². The standard InChI is InChI=1S/C27H35Cl2N3O4S/c1-5-24(27(34)30-21-8-6-7-9-21)31(16-20-11-12-22(28)23(29)15-20)26(33)17-32(37(4,35)36)25-13-10-18(2)14-19(25)3/h10-15,21,24H,5-9,16-17H2,1-4H3,(H,30,34). The van der Waals surface area contributed by atoms with Crippen molar-refractivity contribution >= 4 is 50.7 Å². The summed E-state index contributed by atoms with van der Waals surface area (Å²) in [5, 5.41) is 3.81. The van der Waals surface area contributed by atoms with Crippen molar-refractivity contribution in [2.24, 2.45) is 0 Å². The van der Waals surface area contributed by atoms with E-state index < -0.39 is 28.5 Å². The van der Waals surface area contributed by atoms with E-state index in [0.29, 0.717) is 27.7 Å². The molecule has 2 aromatic rings. The highest BCUT2D eigenvalue weighted by Gasteiger charge is 2.33. The van der Waals surface area contributed by atoms with Gasteiger partial charge in [0.25, 0.3) is 0 Å². The molecule has 7 nitrogen and oxygen atoms in total. The topological polar surface area (TPSA) is 86.8 Å². The number of carbonyl (C=O) groups excluding carboxylic acids is 2. The summed E-state index contributed by atoms with van der Waals surface area (Å²) in [6.45, 7) is 5.21. The van der Waals surface area contributed by atoms with E-state index in [-0.39, 0.29) is 18.5 Å².